The summed E-state index contributed by atoms with van der Waals surface area (Å²) < 4.78 is 44.4. The monoisotopic (exact) mass is 689 g/mol. The molecule has 1 amide bonds. The van der Waals surface area contributed by atoms with Crippen molar-refractivity contribution < 1.29 is 42.5 Å². The Bertz CT molecular complexity index is 2050. The number of amides is 1. The van der Waals surface area contributed by atoms with Gasteiger partial charge in [-0.2, -0.15) is 0 Å². The van der Waals surface area contributed by atoms with Crippen LogP contribution in [0, 0.1) is 6.92 Å². The molecule has 1 aromatic heterocycles. The van der Waals surface area contributed by atoms with E-state index in [9.17, 15) is 24.4 Å². The molecule has 2 aliphatic heterocycles. The number of phenolic OH excluding ortho intramolecular Hbond substituents is 1. The quantitative estimate of drug-likeness (QED) is 0.109. The minimum atomic E-state index is -3.70. The molecule has 5 atom stereocenters. The van der Waals surface area contributed by atoms with Crippen molar-refractivity contribution in [3.8, 4) is 11.5 Å². The van der Waals surface area contributed by atoms with Crippen LogP contribution in [0.3, 0.4) is 0 Å². The number of fused-ring (bicyclic) bond motifs is 2. The van der Waals surface area contributed by atoms with Gasteiger partial charge >= 0.3 is 13.2 Å². The molecule has 1 unspecified atom stereocenters. The molecule has 6 rings (SSSR count). The molecule has 49 heavy (non-hydrogen) atoms. The summed E-state index contributed by atoms with van der Waals surface area (Å²) in [6.07, 6.45) is 0.0109. The van der Waals surface area contributed by atoms with Gasteiger partial charge in [0.25, 0.3) is 5.91 Å². The molecule has 0 saturated carbocycles. The summed E-state index contributed by atoms with van der Waals surface area (Å²) in [6.45, 7) is 9.37. The molecule has 0 spiro atoms. The lowest BCUT2D eigenvalue weighted by Crippen LogP contribution is -2.62. The number of rotatable bonds is 8. The number of methoxy groups -OCH3 is 1. The Morgan fingerprint density at radius 1 is 1.02 bits per heavy atom. The second-order valence-electron chi connectivity index (χ2n) is 13.2. The fraction of sp³-hybridized carbons (Fsp3) is 0.351. The molecule has 0 radical (unpaired) electrons. The van der Waals surface area contributed by atoms with Gasteiger partial charge in [0, 0.05) is 19.1 Å². The van der Waals surface area contributed by atoms with Crippen molar-refractivity contribution in [2.75, 3.05) is 12.4 Å². The summed E-state index contributed by atoms with van der Waals surface area (Å²) in [6, 6.07) is 16.5. The Kier molecular flexibility index (Phi) is 9.34. The van der Waals surface area contributed by atoms with Crippen molar-refractivity contribution in [1.82, 2.24) is 0 Å². The van der Waals surface area contributed by atoms with E-state index in [0.717, 1.165) is 11.1 Å². The fourth-order valence-electron chi connectivity index (χ4n) is 6.56. The van der Waals surface area contributed by atoms with Crippen LogP contribution in [-0.2, 0) is 35.9 Å². The smallest absolute Gasteiger partial charge is 0.364 e. The highest BCUT2D eigenvalue weighted by Gasteiger charge is 2.60. The number of aryl methyl sites for hydroxylation is 1. The number of hydrogen-bond acceptors (Lipinski definition) is 10. The van der Waals surface area contributed by atoms with Crippen LogP contribution < -0.4 is 16.2 Å². The lowest BCUT2D eigenvalue weighted by atomic mass is 9.84. The van der Waals surface area contributed by atoms with Crippen LogP contribution in [0.4, 0.5) is 5.69 Å². The van der Waals surface area contributed by atoms with E-state index in [1.54, 1.807) is 50.4 Å². The highest BCUT2D eigenvalue weighted by Crippen LogP contribution is 2.59. The van der Waals surface area contributed by atoms with Crippen molar-refractivity contribution in [3.05, 3.63) is 105 Å². The maximum atomic E-state index is 14.0. The van der Waals surface area contributed by atoms with Crippen molar-refractivity contribution in [1.29, 1.82) is 0 Å². The van der Waals surface area contributed by atoms with Gasteiger partial charge in [-0.05, 0) is 94.1 Å². The molecule has 0 bridgehead atoms. The van der Waals surface area contributed by atoms with E-state index in [1.165, 1.54) is 18.2 Å². The minimum Gasteiger partial charge on any atom is -0.508 e. The fourth-order valence-corrected chi connectivity index (χ4v) is 8.52. The van der Waals surface area contributed by atoms with Gasteiger partial charge in [-0.1, -0.05) is 35.9 Å². The summed E-state index contributed by atoms with van der Waals surface area (Å²) >= 11 is 0. The molecule has 3 heterocycles. The van der Waals surface area contributed by atoms with E-state index < -0.39 is 60.6 Å². The highest BCUT2D eigenvalue weighted by molar-refractivity contribution is 7.62. The molecule has 4 aromatic rings. The third-order valence-corrected chi connectivity index (χ3v) is 11.1. The van der Waals surface area contributed by atoms with Gasteiger partial charge in [-0.25, -0.2) is 4.79 Å². The summed E-state index contributed by atoms with van der Waals surface area (Å²) in [5.74, 6) is -1.05. The second kappa shape index (κ2) is 13.2. The van der Waals surface area contributed by atoms with Gasteiger partial charge in [0.1, 0.15) is 29.6 Å². The van der Waals surface area contributed by atoms with Crippen LogP contribution in [0.1, 0.15) is 54.7 Å². The maximum Gasteiger partial charge on any atom is 0.364 e. The predicted octanol–water partition coefficient (Wildman–Crippen LogP) is 6.31. The zero-order chi connectivity index (χ0) is 35.2. The van der Waals surface area contributed by atoms with E-state index in [2.05, 4.69) is 5.32 Å². The van der Waals surface area contributed by atoms with Crippen LogP contribution in [0.2, 0.25) is 0 Å². The van der Waals surface area contributed by atoms with Crippen molar-refractivity contribution in [3.63, 3.8) is 0 Å². The molecule has 3 aromatic carbocycles. The number of phenols is 1. The number of carbonyl (C=O) groups excluding carboxylic acids is 1. The van der Waals surface area contributed by atoms with E-state index >= 15 is 0 Å². The Morgan fingerprint density at radius 3 is 2.43 bits per heavy atom. The van der Waals surface area contributed by atoms with Gasteiger partial charge in [-0.3, -0.25) is 18.4 Å². The van der Waals surface area contributed by atoms with E-state index in [1.807, 2.05) is 39.8 Å². The van der Waals surface area contributed by atoms with Crippen molar-refractivity contribution >= 4 is 35.5 Å². The van der Waals surface area contributed by atoms with Gasteiger partial charge in [-0.15, -0.1) is 0 Å². The SMILES string of the molecule is CO[C@@H]1[C@H]2OP(=O)(c3ccccc3)O[C@H]2[C@H](Cc2ccc3c(O)c(NC(=O)c4ccc(O)c(CC=C(C)C)c4)c(=O)oc3c2C)OC1(C)C. The second-order valence-corrected chi connectivity index (χ2v) is 15.1. The first-order valence-corrected chi connectivity index (χ1v) is 17.5. The molecule has 0 aliphatic carbocycles. The number of nitrogens with one attached hydrogen (secondary N) is 1. The van der Waals surface area contributed by atoms with Crippen LogP contribution in [-0.4, -0.2) is 53.2 Å². The molecule has 2 aliphatic rings. The summed E-state index contributed by atoms with van der Waals surface area (Å²) in [4.78, 5) is 26.3. The standard InChI is InChI=1S/C37H40NO10P/c1-20(2)12-13-23-18-24(15-17-27(23)39)35(41)38-29-30(40)26-16-14-22(21(3)31(26)45-36(29)42)19-28-32-33(34(44-6)37(4,5)46-28)48-49(43,47-32)25-10-8-7-9-11-25/h7-12,14-18,28,32-34,39-40H,13,19H2,1-6H3,(H,38,41)/t28-,32-,33-,34+,49?/m0/s1. The molecule has 3 N–H and O–H groups in total. The molecular formula is C37H40NO10P. The van der Waals surface area contributed by atoms with Gasteiger partial charge in [0.05, 0.1) is 22.4 Å². The molecule has 12 heteroatoms. The predicted molar refractivity (Wildman–Crippen MR) is 185 cm³/mol. The van der Waals surface area contributed by atoms with Crippen molar-refractivity contribution in [2.24, 2.45) is 0 Å². The molecule has 258 valence electrons. The number of allylic oxidation sites excluding steroid dienone is 2. The van der Waals surface area contributed by atoms with Gasteiger partial charge in [0.15, 0.2) is 11.4 Å². The van der Waals surface area contributed by atoms with Crippen LogP contribution >= 0.6 is 7.60 Å². The normalized spacial score (nSPS) is 24.4. The lowest BCUT2D eigenvalue weighted by Gasteiger charge is -2.46. The third kappa shape index (κ3) is 6.57. The maximum absolute atomic E-state index is 14.0. The number of hydrogen-bond donors (Lipinski definition) is 3. The van der Waals surface area contributed by atoms with Crippen LogP contribution in [0.15, 0.2) is 81.5 Å². The average molecular weight is 690 g/mol. The topological polar surface area (TPSA) is 154 Å². The third-order valence-electron chi connectivity index (χ3n) is 9.12. The molecular weight excluding hydrogens is 649 g/mol. The summed E-state index contributed by atoms with van der Waals surface area (Å²) in [5.41, 5.74) is 1.08. The number of carbonyl (C=O) groups is 1. The summed E-state index contributed by atoms with van der Waals surface area (Å²) in [7, 11) is -2.15. The molecule has 11 nitrogen and oxygen atoms in total. The van der Waals surface area contributed by atoms with Gasteiger partial charge < -0.3 is 29.4 Å². The van der Waals surface area contributed by atoms with Crippen molar-refractivity contribution in [2.45, 2.75) is 77.5 Å². The van der Waals surface area contributed by atoms with E-state index in [0.29, 0.717) is 22.9 Å². The number of ether oxygens (including phenoxy) is 2. The minimum absolute atomic E-state index is 0.0434. The Balaban J connectivity index is 1.29. The zero-order valence-electron chi connectivity index (χ0n) is 28.2. The largest absolute Gasteiger partial charge is 0.508 e. The zero-order valence-corrected chi connectivity index (χ0v) is 29.1. The Labute approximate surface area is 284 Å². The first-order chi connectivity index (χ1) is 23.2. The highest BCUT2D eigenvalue weighted by atomic mass is 31.2. The van der Waals surface area contributed by atoms with E-state index in [-0.39, 0.29) is 28.7 Å². The molecule has 2 fully saturated rings. The average Bonchev–Trinajstić information content (AvgIpc) is 3.42. The number of anilines is 1. The van der Waals surface area contributed by atoms with Crippen LogP contribution in [0.25, 0.3) is 11.0 Å². The lowest BCUT2D eigenvalue weighted by molar-refractivity contribution is -0.234. The molecule has 2 saturated heterocycles. The number of benzene rings is 3. The Morgan fingerprint density at radius 2 is 1.73 bits per heavy atom. The van der Waals surface area contributed by atoms with Gasteiger partial charge in [0.2, 0.25) is 0 Å². The Hall–Kier alpha value is -4.25. The first-order valence-electron chi connectivity index (χ1n) is 16.0. The van der Waals surface area contributed by atoms with Crippen LogP contribution in [0.5, 0.6) is 11.5 Å². The summed E-state index contributed by atoms with van der Waals surface area (Å²) in [5, 5.41) is 24.6. The first kappa shape index (κ1) is 34.6. The number of aromatic hydroxyl groups is 2. The van der Waals surface area contributed by atoms with E-state index in [4.69, 9.17) is 22.9 Å².